The molecule has 0 spiro atoms. The Morgan fingerprint density at radius 3 is 2.44 bits per heavy atom. The van der Waals surface area contributed by atoms with E-state index in [2.05, 4.69) is 5.32 Å². The highest BCUT2D eigenvalue weighted by molar-refractivity contribution is 6.33. The Morgan fingerprint density at radius 1 is 1.33 bits per heavy atom. The fourth-order valence-electron chi connectivity index (χ4n) is 1.17. The van der Waals surface area contributed by atoms with E-state index in [1.807, 2.05) is 6.07 Å². The molecule has 0 radical (unpaired) electrons. The van der Waals surface area contributed by atoms with Gasteiger partial charge in [0, 0.05) is 6.54 Å². The lowest BCUT2D eigenvalue weighted by Gasteiger charge is -2.15. The molecule has 1 N–H and O–H groups in total. The maximum absolute atomic E-state index is 12.3. The fraction of sp³-hybridized carbons (Fsp3) is 0.273. The quantitative estimate of drug-likeness (QED) is 0.919. The Labute approximate surface area is 106 Å². The number of nitrogens with zero attached hydrogens (tertiary/aromatic N) is 2. The molecule has 0 aliphatic heterocycles. The van der Waals surface area contributed by atoms with Gasteiger partial charge < -0.3 is 5.32 Å². The molecule has 1 atom stereocenters. The molecule has 1 unspecified atom stereocenters. The van der Waals surface area contributed by atoms with E-state index in [1.165, 1.54) is 24.3 Å². The zero-order chi connectivity index (χ0) is 13.8. The van der Waals surface area contributed by atoms with Crippen LogP contribution in [0, 0.1) is 28.6 Å². The first-order chi connectivity index (χ1) is 8.38. The van der Waals surface area contributed by atoms with Crippen molar-refractivity contribution in [3.8, 4) is 12.1 Å². The van der Waals surface area contributed by atoms with Crippen molar-refractivity contribution in [1.29, 1.82) is 10.5 Å². The van der Waals surface area contributed by atoms with Crippen LogP contribution < -0.4 is 5.32 Å². The normalized spacial score (nSPS) is 12.3. The van der Waals surface area contributed by atoms with Crippen LogP contribution in [0.4, 0.5) is 18.9 Å². The van der Waals surface area contributed by atoms with Crippen LogP contribution in [0.15, 0.2) is 18.2 Å². The number of hydrogen-bond donors (Lipinski definition) is 1. The largest absolute Gasteiger partial charge is 0.406 e. The van der Waals surface area contributed by atoms with Gasteiger partial charge >= 0.3 is 6.18 Å². The second kappa shape index (κ2) is 5.61. The summed E-state index contributed by atoms with van der Waals surface area (Å²) in [7, 11) is 0. The van der Waals surface area contributed by atoms with Crippen molar-refractivity contribution in [3.63, 3.8) is 0 Å². The number of nitrogens with one attached hydrogen (secondary N) is 1. The molecule has 94 valence electrons. The van der Waals surface area contributed by atoms with Gasteiger partial charge in [-0.2, -0.15) is 23.7 Å². The lowest BCUT2D eigenvalue weighted by atomic mass is 10.1. The van der Waals surface area contributed by atoms with Crippen LogP contribution in [0.2, 0.25) is 5.02 Å². The molecule has 0 fully saturated rings. The van der Waals surface area contributed by atoms with Crippen molar-refractivity contribution in [2.45, 2.75) is 6.18 Å². The van der Waals surface area contributed by atoms with Gasteiger partial charge in [-0.3, -0.25) is 0 Å². The van der Waals surface area contributed by atoms with Crippen LogP contribution in [0.3, 0.4) is 0 Å². The van der Waals surface area contributed by atoms with Crippen molar-refractivity contribution in [2.75, 3.05) is 11.9 Å². The molecule has 1 aromatic rings. The number of rotatable bonds is 3. The lowest BCUT2D eigenvalue weighted by molar-refractivity contribution is -0.155. The summed E-state index contributed by atoms with van der Waals surface area (Å²) in [5.41, 5.74) is 0.554. The zero-order valence-electron chi connectivity index (χ0n) is 8.92. The smallest absolute Gasteiger partial charge is 0.382 e. The van der Waals surface area contributed by atoms with E-state index in [1.54, 1.807) is 0 Å². The minimum Gasteiger partial charge on any atom is -0.382 e. The molecule has 18 heavy (non-hydrogen) atoms. The first kappa shape index (κ1) is 14.1. The minimum absolute atomic E-state index is 0.132. The Kier molecular flexibility index (Phi) is 4.41. The molecule has 0 heterocycles. The van der Waals surface area contributed by atoms with Crippen molar-refractivity contribution < 1.29 is 13.2 Å². The SMILES string of the molecule is N#Cc1ccc(NCC(C#N)C(F)(F)F)c(Cl)c1. The summed E-state index contributed by atoms with van der Waals surface area (Å²) < 4.78 is 36.9. The topological polar surface area (TPSA) is 59.6 Å². The zero-order valence-corrected chi connectivity index (χ0v) is 9.68. The molecule has 0 bridgehead atoms. The van der Waals surface area contributed by atoms with Crippen LogP contribution in [0.1, 0.15) is 5.56 Å². The van der Waals surface area contributed by atoms with E-state index in [9.17, 15) is 13.2 Å². The van der Waals surface area contributed by atoms with Crippen LogP contribution in [-0.2, 0) is 0 Å². The number of benzene rings is 1. The predicted octanol–water partition coefficient (Wildman–Crippen LogP) is 3.33. The third-order valence-corrected chi connectivity index (χ3v) is 2.46. The average Bonchev–Trinajstić information content (AvgIpc) is 2.29. The van der Waals surface area contributed by atoms with E-state index in [0.29, 0.717) is 5.56 Å². The van der Waals surface area contributed by atoms with Gasteiger partial charge in [-0.1, -0.05) is 11.6 Å². The maximum Gasteiger partial charge on any atom is 0.406 e. The third kappa shape index (κ3) is 3.54. The molecule has 1 rings (SSSR count). The maximum atomic E-state index is 12.3. The van der Waals surface area contributed by atoms with Crippen molar-refractivity contribution in [2.24, 2.45) is 5.92 Å². The van der Waals surface area contributed by atoms with E-state index >= 15 is 0 Å². The molecule has 1 aromatic carbocycles. The lowest BCUT2D eigenvalue weighted by Crippen LogP contribution is -2.28. The Bertz CT molecular complexity index is 514. The highest BCUT2D eigenvalue weighted by Gasteiger charge is 2.39. The monoisotopic (exact) mass is 273 g/mol. The summed E-state index contributed by atoms with van der Waals surface area (Å²) in [6, 6.07) is 7.17. The standard InChI is InChI=1S/C11H7ClF3N3/c12-9-3-7(4-16)1-2-10(9)18-6-8(5-17)11(13,14)15/h1-3,8,18H,6H2. The number of hydrogen-bond acceptors (Lipinski definition) is 3. The Morgan fingerprint density at radius 2 is 2.00 bits per heavy atom. The molecule has 0 saturated carbocycles. The Hall–Kier alpha value is -1.92. The minimum atomic E-state index is -4.58. The van der Waals surface area contributed by atoms with Gasteiger partial charge in [-0.25, -0.2) is 0 Å². The van der Waals surface area contributed by atoms with Crippen molar-refractivity contribution in [1.82, 2.24) is 0 Å². The second-order valence-electron chi connectivity index (χ2n) is 3.41. The van der Waals surface area contributed by atoms with Crippen LogP contribution in [-0.4, -0.2) is 12.7 Å². The van der Waals surface area contributed by atoms with Gasteiger partial charge in [0.15, 0.2) is 5.92 Å². The molecule has 7 heteroatoms. The van der Waals surface area contributed by atoms with E-state index < -0.39 is 18.6 Å². The first-order valence-electron chi connectivity index (χ1n) is 4.78. The van der Waals surface area contributed by atoms with Crippen molar-refractivity contribution in [3.05, 3.63) is 28.8 Å². The number of nitriles is 2. The molecule has 0 aliphatic rings. The first-order valence-corrected chi connectivity index (χ1v) is 5.16. The molecule has 0 amide bonds. The van der Waals surface area contributed by atoms with Crippen LogP contribution in [0.5, 0.6) is 0 Å². The second-order valence-corrected chi connectivity index (χ2v) is 3.82. The third-order valence-electron chi connectivity index (χ3n) is 2.15. The summed E-state index contributed by atoms with van der Waals surface area (Å²) in [4.78, 5) is 0. The number of halogens is 4. The number of alkyl halides is 3. The number of anilines is 1. The molecule has 0 aromatic heterocycles. The summed E-state index contributed by atoms with van der Waals surface area (Å²) in [6.45, 7) is -0.592. The van der Waals surface area contributed by atoms with Gasteiger partial charge in [0.2, 0.25) is 0 Å². The fourth-order valence-corrected chi connectivity index (χ4v) is 1.42. The summed E-state index contributed by atoms with van der Waals surface area (Å²) in [5, 5.41) is 19.6. The van der Waals surface area contributed by atoms with Gasteiger partial charge in [-0.05, 0) is 18.2 Å². The van der Waals surface area contributed by atoms with E-state index in [-0.39, 0.29) is 10.7 Å². The highest BCUT2D eigenvalue weighted by atomic mass is 35.5. The van der Waals surface area contributed by atoms with Crippen LogP contribution in [0.25, 0.3) is 0 Å². The highest BCUT2D eigenvalue weighted by Crippen LogP contribution is 2.28. The molecule has 3 nitrogen and oxygen atoms in total. The van der Waals surface area contributed by atoms with E-state index in [0.717, 1.165) is 0 Å². The average molecular weight is 274 g/mol. The van der Waals surface area contributed by atoms with Gasteiger partial charge in [0.1, 0.15) is 0 Å². The molecule has 0 saturated heterocycles. The van der Waals surface area contributed by atoms with Crippen molar-refractivity contribution >= 4 is 17.3 Å². The molecular formula is C11H7ClF3N3. The molecule has 0 aliphatic carbocycles. The van der Waals surface area contributed by atoms with E-state index in [4.69, 9.17) is 22.1 Å². The molecular weight excluding hydrogens is 267 g/mol. The Balaban J connectivity index is 2.76. The summed E-state index contributed by atoms with van der Waals surface area (Å²) in [5.74, 6) is -2.11. The van der Waals surface area contributed by atoms with Gasteiger partial charge in [0.05, 0.1) is 28.4 Å². The van der Waals surface area contributed by atoms with Gasteiger partial charge in [-0.15, -0.1) is 0 Å². The summed E-state index contributed by atoms with van der Waals surface area (Å²) in [6.07, 6.45) is -4.58. The predicted molar refractivity (Wildman–Crippen MR) is 59.8 cm³/mol. The van der Waals surface area contributed by atoms with Crippen LogP contribution >= 0.6 is 11.6 Å². The van der Waals surface area contributed by atoms with Gasteiger partial charge in [0.25, 0.3) is 0 Å². The summed E-state index contributed by atoms with van der Waals surface area (Å²) >= 11 is 5.77.